The summed E-state index contributed by atoms with van der Waals surface area (Å²) in [7, 11) is 0. The van der Waals surface area contributed by atoms with Crippen LogP contribution in [0.4, 0.5) is 0 Å². The first-order valence-corrected chi connectivity index (χ1v) is 11.4. The maximum Gasteiger partial charge on any atom is 0.300 e. The fourth-order valence-electron chi connectivity index (χ4n) is 3.68. The Kier molecular flexibility index (Phi) is 5.10. The van der Waals surface area contributed by atoms with E-state index in [2.05, 4.69) is 68.2 Å². The van der Waals surface area contributed by atoms with Crippen LogP contribution < -0.4 is 15.0 Å². The monoisotopic (exact) mass is 444 g/mol. The summed E-state index contributed by atoms with van der Waals surface area (Å²) in [5, 5.41) is 1.20. The van der Waals surface area contributed by atoms with E-state index in [0.29, 0.717) is 12.6 Å². The van der Waals surface area contributed by atoms with Crippen molar-refractivity contribution < 1.29 is 9.47 Å². The first-order valence-electron chi connectivity index (χ1n) is 10.6. The van der Waals surface area contributed by atoms with Crippen LogP contribution in [0.15, 0.2) is 77.9 Å². The van der Waals surface area contributed by atoms with Gasteiger partial charge in [-0.05, 0) is 52.3 Å². The molecule has 0 saturated carbocycles. The molecule has 2 aromatic carbocycles. The van der Waals surface area contributed by atoms with Crippen molar-refractivity contribution >= 4 is 21.4 Å². The van der Waals surface area contributed by atoms with Crippen molar-refractivity contribution in [3.05, 3.63) is 89.0 Å². The average Bonchev–Trinajstić information content (AvgIpc) is 3.36. The quantitative estimate of drug-likeness (QED) is 0.375. The third-order valence-corrected chi connectivity index (χ3v) is 6.65. The van der Waals surface area contributed by atoms with Crippen LogP contribution in [0.2, 0.25) is 0 Å². The Morgan fingerprint density at radius 2 is 1.94 bits per heavy atom. The molecule has 0 bridgehead atoms. The van der Waals surface area contributed by atoms with Crippen molar-refractivity contribution in [1.82, 2.24) is 9.55 Å². The molecule has 5 rings (SSSR count). The van der Waals surface area contributed by atoms with Crippen molar-refractivity contribution in [2.45, 2.75) is 38.8 Å². The van der Waals surface area contributed by atoms with Crippen molar-refractivity contribution in [3.8, 4) is 22.2 Å². The summed E-state index contributed by atoms with van der Waals surface area (Å²) in [6.45, 7) is 7.29. The molecule has 1 aliphatic heterocycles. The highest BCUT2D eigenvalue weighted by Gasteiger charge is 2.20. The van der Waals surface area contributed by atoms with E-state index in [0.717, 1.165) is 5.75 Å². The van der Waals surface area contributed by atoms with E-state index >= 15 is 0 Å². The minimum atomic E-state index is -0.300. The third kappa shape index (κ3) is 4.18. The summed E-state index contributed by atoms with van der Waals surface area (Å²) in [6.07, 6.45) is 4.95. The fourth-order valence-corrected chi connectivity index (χ4v) is 4.78. The maximum absolute atomic E-state index is 11.3. The van der Waals surface area contributed by atoms with Gasteiger partial charge in [0.25, 0.3) is 11.6 Å². The standard InChI is InChI=1S/C26H24N2O3S/c1-26(2,3)19-7-4-17(5-8-19)22-14-18-6-9-20(15-23(18)32-22)30-13-11-21-16-28-12-10-24(29)27-25(28)31-21/h4-15,21H,16H2,1-3H3/b13-11+. The van der Waals surface area contributed by atoms with Gasteiger partial charge in [-0.1, -0.05) is 45.0 Å². The van der Waals surface area contributed by atoms with Gasteiger partial charge >= 0.3 is 0 Å². The molecule has 162 valence electrons. The van der Waals surface area contributed by atoms with E-state index in [9.17, 15) is 4.79 Å². The zero-order chi connectivity index (χ0) is 22.3. The fraction of sp³-hybridized carbons (Fsp3) is 0.231. The second kappa shape index (κ2) is 7.95. The Morgan fingerprint density at radius 3 is 2.72 bits per heavy atom. The maximum atomic E-state index is 11.3. The number of rotatable bonds is 4. The molecule has 1 aliphatic rings. The van der Waals surface area contributed by atoms with Crippen LogP contribution in [0.1, 0.15) is 26.3 Å². The second-order valence-electron chi connectivity index (χ2n) is 8.94. The first-order chi connectivity index (χ1) is 15.3. The number of hydrogen-bond acceptors (Lipinski definition) is 5. The Balaban J connectivity index is 1.28. The Bertz CT molecular complexity index is 1360. The number of hydrogen-bond donors (Lipinski definition) is 0. The number of nitrogens with zero attached hydrogens (tertiary/aromatic N) is 2. The molecular formula is C26H24N2O3S. The number of benzene rings is 2. The lowest BCUT2D eigenvalue weighted by Crippen LogP contribution is -2.10. The van der Waals surface area contributed by atoms with Crippen LogP contribution in [0.25, 0.3) is 20.5 Å². The van der Waals surface area contributed by atoms with E-state index in [-0.39, 0.29) is 17.1 Å². The summed E-state index contributed by atoms with van der Waals surface area (Å²) in [4.78, 5) is 16.4. The highest BCUT2D eigenvalue weighted by Crippen LogP contribution is 2.36. The van der Waals surface area contributed by atoms with E-state index in [1.807, 2.05) is 16.7 Å². The highest BCUT2D eigenvalue weighted by atomic mass is 32.1. The van der Waals surface area contributed by atoms with Crippen LogP contribution in [-0.4, -0.2) is 15.7 Å². The Morgan fingerprint density at radius 1 is 1.12 bits per heavy atom. The number of thiophene rings is 1. The predicted octanol–water partition coefficient (Wildman–Crippen LogP) is 5.78. The molecule has 32 heavy (non-hydrogen) atoms. The SMILES string of the molecule is CC(C)(C)c1ccc(-c2cc3ccc(O/C=C/C4Cn5ccc(=O)nc5O4)cc3s2)cc1. The zero-order valence-corrected chi connectivity index (χ0v) is 19.1. The van der Waals surface area contributed by atoms with Crippen molar-refractivity contribution in [2.24, 2.45) is 0 Å². The minimum Gasteiger partial charge on any atom is -0.465 e. The number of fused-ring (bicyclic) bond motifs is 2. The van der Waals surface area contributed by atoms with Crippen molar-refractivity contribution in [3.63, 3.8) is 0 Å². The van der Waals surface area contributed by atoms with Crippen molar-refractivity contribution in [1.29, 1.82) is 0 Å². The summed E-state index contributed by atoms with van der Waals surface area (Å²) in [6, 6.07) is 18.9. The van der Waals surface area contributed by atoms with Crippen LogP contribution in [0, 0.1) is 0 Å². The van der Waals surface area contributed by atoms with Gasteiger partial charge in [-0.25, -0.2) is 0 Å². The summed E-state index contributed by atoms with van der Waals surface area (Å²) in [5.41, 5.74) is 2.42. The summed E-state index contributed by atoms with van der Waals surface area (Å²) < 4.78 is 14.5. The smallest absolute Gasteiger partial charge is 0.300 e. The molecule has 0 fully saturated rings. The van der Waals surface area contributed by atoms with Gasteiger partial charge in [-0.3, -0.25) is 9.36 Å². The summed E-state index contributed by atoms with van der Waals surface area (Å²) in [5.74, 6) is 0.772. The predicted molar refractivity (Wildman–Crippen MR) is 129 cm³/mol. The molecule has 1 unspecified atom stereocenters. The molecule has 3 heterocycles. The lowest BCUT2D eigenvalue weighted by Gasteiger charge is -2.18. The highest BCUT2D eigenvalue weighted by molar-refractivity contribution is 7.22. The van der Waals surface area contributed by atoms with E-state index in [4.69, 9.17) is 9.47 Å². The van der Waals surface area contributed by atoms with Crippen LogP contribution in [-0.2, 0) is 12.0 Å². The molecule has 0 amide bonds. The van der Waals surface area contributed by atoms with Crippen LogP contribution >= 0.6 is 11.3 Å². The molecule has 5 nitrogen and oxygen atoms in total. The third-order valence-electron chi connectivity index (χ3n) is 5.51. The molecular weight excluding hydrogens is 420 g/mol. The minimum absolute atomic E-state index is 0.152. The van der Waals surface area contributed by atoms with Gasteiger partial charge in [0.1, 0.15) is 11.9 Å². The normalized spacial score (nSPS) is 15.8. The molecule has 6 heteroatoms. The molecule has 0 radical (unpaired) electrons. The lowest BCUT2D eigenvalue weighted by molar-refractivity contribution is 0.270. The summed E-state index contributed by atoms with van der Waals surface area (Å²) >= 11 is 1.76. The van der Waals surface area contributed by atoms with E-state index in [1.54, 1.807) is 23.8 Å². The lowest BCUT2D eigenvalue weighted by atomic mass is 9.86. The average molecular weight is 445 g/mol. The Hall–Kier alpha value is -3.38. The van der Waals surface area contributed by atoms with Crippen molar-refractivity contribution in [2.75, 3.05) is 0 Å². The number of ether oxygens (including phenoxy) is 2. The second-order valence-corrected chi connectivity index (χ2v) is 10.0. The molecule has 0 aliphatic carbocycles. The van der Waals surface area contributed by atoms with Crippen LogP contribution in [0.5, 0.6) is 11.8 Å². The van der Waals surface area contributed by atoms with Gasteiger partial charge in [0, 0.05) is 21.8 Å². The first kappa shape index (κ1) is 20.5. The molecule has 1 atom stereocenters. The molecule has 0 saturated heterocycles. The molecule has 2 aromatic heterocycles. The molecule has 4 aromatic rings. The van der Waals surface area contributed by atoms with E-state index in [1.165, 1.54) is 32.2 Å². The van der Waals surface area contributed by atoms with Gasteiger partial charge in [-0.15, -0.1) is 11.3 Å². The van der Waals surface area contributed by atoms with Crippen LogP contribution in [0.3, 0.4) is 0 Å². The molecule has 0 spiro atoms. The zero-order valence-electron chi connectivity index (χ0n) is 18.2. The van der Waals surface area contributed by atoms with E-state index < -0.39 is 0 Å². The molecule has 0 N–H and O–H groups in total. The van der Waals surface area contributed by atoms with Gasteiger partial charge in [0.15, 0.2) is 0 Å². The number of aromatic nitrogens is 2. The van der Waals surface area contributed by atoms with Gasteiger partial charge in [0.05, 0.1) is 12.8 Å². The van der Waals surface area contributed by atoms with Gasteiger partial charge in [-0.2, -0.15) is 4.98 Å². The van der Waals surface area contributed by atoms with Gasteiger partial charge < -0.3 is 9.47 Å². The topological polar surface area (TPSA) is 53.4 Å². The Labute approximate surface area is 190 Å². The largest absolute Gasteiger partial charge is 0.465 e. The van der Waals surface area contributed by atoms with Gasteiger partial charge in [0.2, 0.25) is 0 Å².